The van der Waals surface area contributed by atoms with Gasteiger partial charge < -0.3 is 29.4 Å². The summed E-state index contributed by atoms with van der Waals surface area (Å²) in [5.74, 6) is -0.0740. The standard InChI is InChI=1S/C30H29NO7/c1-19(32)31-26-27(34)28-25(18-35-29(38-28)22-10-6-3-7-11-22)37-30(26)36-23-15-13-21(14-16-23)24(33)17-12-20-8-4-2-5-9-20/h2-17,25-30,34H,18H2,1H3,(H,31,32)/b17-12+/t25-,26+,27-,28+,29+,30-/m1/s1. The van der Waals surface area contributed by atoms with Crippen LogP contribution in [-0.4, -0.2) is 54.0 Å². The van der Waals surface area contributed by atoms with Crippen LogP contribution in [0.2, 0.25) is 0 Å². The number of amides is 1. The van der Waals surface area contributed by atoms with Crippen LogP contribution in [0, 0.1) is 0 Å². The zero-order chi connectivity index (χ0) is 26.5. The lowest BCUT2D eigenvalue weighted by Crippen LogP contribution is -2.67. The molecular weight excluding hydrogens is 486 g/mol. The molecule has 2 fully saturated rings. The number of carbonyl (C=O) groups is 2. The molecule has 2 aliphatic heterocycles. The molecule has 0 spiro atoms. The molecule has 0 aromatic heterocycles. The van der Waals surface area contributed by atoms with Crippen LogP contribution >= 0.6 is 0 Å². The van der Waals surface area contributed by atoms with E-state index in [2.05, 4.69) is 5.32 Å². The molecule has 38 heavy (non-hydrogen) atoms. The van der Waals surface area contributed by atoms with Crippen LogP contribution in [0.5, 0.6) is 5.75 Å². The second-order valence-corrected chi connectivity index (χ2v) is 9.19. The number of allylic oxidation sites excluding steroid dienone is 1. The molecule has 3 aromatic carbocycles. The first kappa shape index (κ1) is 25.8. The van der Waals surface area contributed by atoms with Crippen LogP contribution < -0.4 is 10.1 Å². The number of aliphatic hydroxyl groups excluding tert-OH is 1. The molecule has 5 rings (SSSR count). The van der Waals surface area contributed by atoms with Gasteiger partial charge in [-0.15, -0.1) is 0 Å². The van der Waals surface area contributed by atoms with Crippen LogP contribution in [0.15, 0.2) is 91.0 Å². The van der Waals surface area contributed by atoms with Crippen LogP contribution in [0.3, 0.4) is 0 Å². The van der Waals surface area contributed by atoms with E-state index < -0.39 is 36.9 Å². The van der Waals surface area contributed by atoms with Gasteiger partial charge in [-0.1, -0.05) is 66.7 Å². The molecule has 0 radical (unpaired) electrons. The minimum Gasteiger partial charge on any atom is -0.463 e. The maximum Gasteiger partial charge on any atom is 0.223 e. The molecule has 0 unspecified atom stereocenters. The molecule has 2 aliphatic rings. The van der Waals surface area contributed by atoms with Gasteiger partial charge in [0.2, 0.25) is 12.2 Å². The van der Waals surface area contributed by atoms with Crippen molar-refractivity contribution in [3.8, 4) is 5.75 Å². The predicted octanol–water partition coefficient (Wildman–Crippen LogP) is 3.67. The fourth-order valence-corrected chi connectivity index (χ4v) is 4.52. The van der Waals surface area contributed by atoms with E-state index >= 15 is 0 Å². The Labute approximate surface area is 220 Å². The molecule has 2 saturated heterocycles. The Bertz CT molecular complexity index is 1260. The highest BCUT2D eigenvalue weighted by molar-refractivity contribution is 6.06. The minimum absolute atomic E-state index is 0.145. The van der Waals surface area contributed by atoms with Crippen molar-refractivity contribution in [1.29, 1.82) is 0 Å². The van der Waals surface area contributed by atoms with E-state index in [9.17, 15) is 14.7 Å². The highest BCUT2D eigenvalue weighted by Crippen LogP contribution is 2.34. The summed E-state index contributed by atoms with van der Waals surface area (Å²) in [5, 5.41) is 13.9. The lowest BCUT2D eigenvalue weighted by molar-refractivity contribution is -0.333. The molecule has 0 bridgehead atoms. The van der Waals surface area contributed by atoms with Crippen molar-refractivity contribution < 1.29 is 33.6 Å². The number of hydrogen-bond acceptors (Lipinski definition) is 7. The number of hydrogen-bond donors (Lipinski definition) is 2. The summed E-state index contributed by atoms with van der Waals surface area (Å²) >= 11 is 0. The van der Waals surface area contributed by atoms with Crippen LogP contribution in [-0.2, 0) is 19.0 Å². The van der Waals surface area contributed by atoms with Gasteiger partial charge in [-0.2, -0.15) is 0 Å². The quantitative estimate of drug-likeness (QED) is 0.366. The van der Waals surface area contributed by atoms with Crippen LogP contribution in [0.1, 0.15) is 34.7 Å². The predicted molar refractivity (Wildman–Crippen MR) is 139 cm³/mol. The number of fused-ring (bicyclic) bond motifs is 1. The summed E-state index contributed by atoms with van der Waals surface area (Å²) in [6, 6.07) is 24.7. The maximum absolute atomic E-state index is 12.6. The highest BCUT2D eigenvalue weighted by Gasteiger charge is 2.50. The van der Waals surface area contributed by atoms with E-state index in [1.54, 1.807) is 30.3 Å². The molecule has 8 heteroatoms. The fourth-order valence-electron chi connectivity index (χ4n) is 4.52. The normalized spacial score (nSPS) is 26.9. The number of carbonyl (C=O) groups excluding carboxylic acids is 2. The molecule has 1 amide bonds. The lowest BCUT2D eigenvalue weighted by Gasteiger charge is -2.47. The van der Waals surface area contributed by atoms with Crippen molar-refractivity contribution in [2.45, 2.75) is 43.9 Å². The highest BCUT2D eigenvalue weighted by atomic mass is 16.7. The molecule has 196 valence electrons. The smallest absolute Gasteiger partial charge is 0.223 e. The summed E-state index contributed by atoms with van der Waals surface area (Å²) in [6.07, 6.45) is -0.838. The van der Waals surface area contributed by atoms with Gasteiger partial charge in [0.15, 0.2) is 12.1 Å². The number of nitrogens with one attached hydrogen (secondary N) is 1. The third-order valence-electron chi connectivity index (χ3n) is 6.43. The van der Waals surface area contributed by atoms with E-state index in [1.165, 1.54) is 13.0 Å². The molecule has 8 nitrogen and oxygen atoms in total. The summed E-state index contributed by atoms with van der Waals surface area (Å²) in [6.45, 7) is 1.53. The summed E-state index contributed by atoms with van der Waals surface area (Å²) < 4.78 is 24.0. The first-order valence-corrected chi connectivity index (χ1v) is 12.4. The van der Waals surface area contributed by atoms with Crippen LogP contribution in [0.4, 0.5) is 0 Å². The molecule has 0 aliphatic carbocycles. The van der Waals surface area contributed by atoms with E-state index in [-0.39, 0.29) is 18.3 Å². The summed E-state index contributed by atoms with van der Waals surface area (Å²) in [7, 11) is 0. The van der Waals surface area contributed by atoms with Gasteiger partial charge in [0.25, 0.3) is 0 Å². The van der Waals surface area contributed by atoms with Crippen molar-refractivity contribution in [1.82, 2.24) is 5.32 Å². The van der Waals surface area contributed by atoms with Crippen molar-refractivity contribution >= 4 is 17.8 Å². The Morgan fingerprint density at radius 1 is 0.947 bits per heavy atom. The second kappa shape index (κ2) is 11.7. The third-order valence-corrected chi connectivity index (χ3v) is 6.43. The first-order chi connectivity index (χ1) is 18.5. The van der Waals surface area contributed by atoms with Gasteiger partial charge in [0, 0.05) is 18.1 Å². The first-order valence-electron chi connectivity index (χ1n) is 12.4. The van der Waals surface area contributed by atoms with E-state index in [1.807, 2.05) is 60.7 Å². The Hall–Kier alpha value is -3.82. The van der Waals surface area contributed by atoms with E-state index in [0.29, 0.717) is 11.3 Å². The van der Waals surface area contributed by atoms with Crippen LogP contribution in [0.25, 0.3) is 6.08 Å². The third kappa shape index (κ3) is 6.00. The van der Waals surface area contributed by atoms with Gasteiger partial charge in [-0.3, -0.25) is 9.59 Å². The number of rotatable bonds is 7. The molecule has 3 aromatic rings. The average Bonchev–Trinajstić information content (AvgIpc) is 2.95. The van der Waals surface area contributed by atoms with Crippen molar-refractivity contribution in [2.24, 2.45) is 0 Å². The topological polar surface area (TPSA) is 103 Å². The van der Waals surface area contributed by atoms with Crippen molar-refractivity contribution in [2.75, 3.05) is 6.61 Å². The summed E-state index contributed by atoms with van der Waals surface area (Å²) in [5.41, 5.74) is 2.25. The van der Waals surface area contributed by atoms with E-state index in [4.69, 9.17) is 18.9 Å². The zero-order valence-electron chi connectivity index (χ0n) is 20.8. The fraction of sp³-hybridized carbons (Fsp3) is 0.267. The maximum atomic E-state index is 12.6. The Morgan fingerprint density at radius 3 is 2.32 bits per heavy atom. The Kier molecular flexibility index (Phi) is 7.95. The molecule has 2 N–H and O–H groups in total. The average molecular weight is 516 g/mol. The number of ether oxygens (including phenoxy) is 4. The molecule has 0 saturated carbocycles. The monoisotopic (exact) mass is 515 g/mol. The number of benzene rings is 3. The second-order valence-electron chi connectivity index (χ2n) is 9.19. The van der Waals surface area contributed by atoms with Gasteiger partial charge in [-0.05, 0) is 35.9 Å². The Morgan fingerprint density at radius 2 is 1.63 bits per heavy atom. The van der Waals surface area contributed by atoms with Gasteiger partial charge in [0.1, 0.15) is 30.1 Å². The molecule has 6 atom stereocenters. The SMILES string of the molecule is CC(=O)N[C@@H]1[C@H](Oc2ccc(C(=O)/C=C/c3ccccc3)cc2)O[C@@H]2CO[C@H](c3ccccc3)O[C@@H]2[C@@H]1O. The Balaban J connectivity index is 1.27. The van der Waals surface area contributed by atoms with Crippen molar-refractivity contribution in [3.05, 3.63) is 108 Å². The van der Waals surface area contributed by atoms with E-state index in [0.717, 1.165) is 11.1 Å². The number of ketones is 1. The minimum atomic E-state index is -1.11. The van der Waals surface area contributed by atoms with Crippen molar-refractivity contribution in [3.63, 3.8) is 0 Å². The lowest BCUT2D eigenvalue weighted by atomic mass is 9.95. The van der Waals surface area contributed by atoms with Gasteiger partial charge in [0.05, 0.1) is 6.61 Å². The van der Waals surface area contributed by atoms with Gasteiger partial charge in [-0.25, -0.2) is 0 Å². The largest absolute Gasteiger partial charge is 0.463 e. The van der Waals surface area contributed by atoms with Gasteiger partial charge >= 0.3 is 0 Å². The molecular formula is C30H29NO7. The number of aliphatic hydroxyl groups is 1. The summed E-state index contributed by atoms with van der Waals surface area (Å²) in [4.78, 5) is 24.5. The zero-order valence-corrected chi connectivity index (χ0v) is 20.8. The molecule has 2 heterocycles.